The van der Waals surface area contributed by atoms with E-state index >= 15 is 0 Å². The molecule has 0 aromatic heterocycles. The van der Waals surface area contributed by atoms with Crippen LogP contribution in [0.2, 0.25) is 0 Å². The van der Waals surface area contributed by atoms with Crippen LogP contribution in [0.3, 0.4) is 0 Å². The summed E-state index contributed by atoms with van der Waals surface area (Å²) < 4.78 is 27.7. The SMILES string of the molecule is CC1CCCN(C(=O)CCc2ccc(S(=O)(=O)NC3CCCC3)cc2)C1. The molecule has 2 aliphatic rings. The maximum absolute atomic E-state index is 12.4. The van der Waals surface area contributed by atoms with E-state index < -0.39 is 10.0 Å². The van der Waals surface area contributed by atoms with Crippen molar-refractivity contribution in [1.29, 1.82) is 0 Å². The van der Waals surface area contributed by atoms with E-state index in [-0.39, 0.29) is 11.9 Å². The van der Waals surface area contributed by atoms with Crippen molar-refractivity contribution in [2.75, 3.05) is 13.1 Å². The molecule has 1 aliphatic carbocycles. The van der Waals surface area contributed by atoms with Gasteiger partial charge in [-0.15, -0.1) is 0 Å². The molecule has 1 heterocycles. The van der Waals surface area contributed by atoms with Crippen molar-refractivity contribution in [2.24, 2.45) is 5.92 Å². The Morgan fingerprint density at radius 3 is 2.46 bits per heavy atom. The first-order valence-corrected chi connectivity index (χ1v) is 11.3. The van der Waals surface area contributed by atoms with Crippen LogP contribution in [0.1, 0.15) is 57.4 Å². The predicted molar refractivity (Wildman–Crippen MR) is 102 cm³/mol. The number of amides is 1. The van der Waals surface area contributed by atoms with E-state index in [1.165, 1.54) is 6.42 Å². The first-order chi connectivity index (χ1) is 12.4. The van der Waals surface area contributed by atoms with Gasteiger partial charge in [0.15, 0.2) is 0 Å². The molecule has 1 saturated carbocycles. The van der Waals surface area contributed by atoms with E-state index in [4.69, 9.17) is 0 Å². The standard InChI is InChI=1S/C20H30N2O3S/c1-16-5-4-14-22(15-16)20(23)13-10-17-8-11-19(12-9-17)26(24,25)21-18-6-2-3-7-18/h8-9,11-12,16,18,21H,2-7,10,13-15H2,1H3. The van der Waals surface area contributed by atoms with Gasteiger partial charge in [-0.3, -0.25) is 4.79 Å². The van der Waals surface area contributed by atoms with Gasteiger partial charge in [0.1, 0.15) is 0 Å². The Labute approximate surface area is 157 Å². The Morgan fingerprint density at radius 2 is 1.81 bits per heavy atom. The monoisotopic (exact) mass is 378 g/mol. The molecule has 1 unspecified atom stereocenters. The second kappa shape index (κ2) is 8.53. The molecule has 0 spiro atoms. The molecule has 1 aliphatic heterocycles. The van der Waals surface area contributed by atoms with Gasteiger partial charge in [0.05, 0.1) is 4.90 Å². The molecule has 1 aromatic rings. The van der Waals surface area contributed by atoms with Crippen LogP contribution in [0, 0.1) is 5.92 Å². The largest absolute Gasteiger partial charge is 0.342 e. The third-order valence-corrected chi connectivity index (χ3v) is 7.08. The average Bonchev–Trinajstić information content (AvgIpc) is 3.12. The number of carbonyl (C=O) groups excluding carboxylic acids is 1. The Hall–Kier alpha value is -1.40. The fraction of sp³-hybridized carbons (Fsp3) is 0.650. The van der Waals surface area contributed by atoms with Gasteiger partial charge in [-0.2, -0.15) is 0 Å². The molecule has 3 rings (SSSR count). The van der Waals surface area contributed by atoms with Gasteiger partial charge in [0.2, 0.25) is 15.9 Å². The van der Waals surface area contributed by atoms with Crippen molar-refractivity contribution in [3.05, 3.63) is 29.8 Å². The van der Waals surface area contributed by atoms with E-state index in [0.717, 1.165) is 50.8 Å². The summed E-state index contributed by atoms with van der Waals surface area (Å²) in [6.07, 6.45) is 7.47. The van der Waals surface area contributed by atoms with Gasteiger partial charge in [-0.1, -0.05) is 31.9 Å². The summed E-state index contributed by atoms with van der Waals surface area (Å²) in [6.45, 7) is 3.92. The highest BCUT2D eigenvalue weighted by Crippen LogP contribution is 2.21. The zero-order valence-corrected chi connectivity index (χ0v) is 16.4. The Morgan fingerprint density at radius 1 is 1.12 bits per heavy atom. The highest BCUT2D eigenvalue weighted by molar-refractivity contribution is 7.89. The number of sulfonamides is 1. The second-order valence-corrected chi connectivity index (χ2v) is 9.55. The molecule has 1 N–H and O–H groups in total. The number of hydrogen-bond acceptors (Lipinski definition) is 3. The van der Waals surface area contributed by atoms with Crippen molar-refractivity contribution >= 4 is 15.9 Å². The molecule has 2 fully saturated rings. The van der Waals surface area contributed by atoms with Crippen LogP contribution in [0.15, 0.2) is 29.2 Å². The van der Waals surface area contributed by atoms with Gasteiger partial charge in [-0.25, -0.2) is 13.1 Å². The maximum atomic E-state index is 12.4. The van der Waals surface area contributed by atoms with E-state index in [9.17, 15) is 13.2 Å². The van der Waals surface area contributed by atoms with E-state index in [1.54, 1.807) is 12.1 Å². The molecule has 1 amide bonds. The van der Waals surface area contributed by atoms with Crippen LogP contribution in [-0.2, 0) is 21.2 Å². The lowest BCUT2D eigenvalue weighted by Gasteiger charge is -2.31. The zero-order chi connectivity index (χ0) is 18.6. The molecule has 1 saturated heterocycles. The van der Waals surface area contributed by atoms with Crippen molar-refractivity contribution in [2.45, 2.75) is 69.2 Å². The minimum atomic E-state index is -3.44. The number of nitrogens with one attached hydrogen (secondary N) is 1. The third kappa shape index (κ3) is 5.07. The van der Waals surface area contributed by atoms with Crippen molar-refractivity contribution < 1.29 is 13.2 Å². The van der Waals surface area contributed by atoms with Crippen molar-refractivity contribution in [3.8, 4) is 0 Å². The van der Waals surface area contributed by atoms with Crippen LogP contribution >= 0.6 is 0 Å². The molecule has 5 nitrogen and oxygen atoms in total. The summed E-state index contributed by atoms with van der Waals surface area (Å²) in [7, 11) is -3.44. The summed E-state index contributed by atoms with van der Waals surface area (Å²) in [5.74, 6) is 0.792. The highest BCUT2D eigenvalue weighted by atomic mass is 32.2. The fourth-order valence-electron chi connectivity index (χ4n) is 3.99. The van der Waals surface area contributed by atoms with E-state index in [0.29, 0.717) is 23.7 Å². The van der Waals surface area contributed by atoms with E-state index in [1.807, 2.05) is 17.0 Å². The van der Waals surface area contributed by atoms with Crippen LogP contribution in [0.25, 0.3) is 0 Å². The number of piperidine rings is 1. The number of rotatable bonds is 6. The number of hydrogen-bond donors (Lipinski definition) is 1. The first kappa shape index (κ1) is 19.4. The molecule has 1 atom stereocenters. The molecule has 6 heteroatoms. The predicted octanol–water partition coefficient (Wildman–Crippen LogP) is 3.10. The summed E-state index contributed by atoms with van der Waals surface area (Å²) in [6, 6.07) is 7.04. The topological polar surface area (TPSA) is 66.5 Å². The smallest absolute Gasteiger partial charge is 0.240 e. The lowest BCUT2D eigenvalue weighted by atomic mass is 9.99. The lowest BCUT2D eigenvalue weighted by Crippen LogP contribution is -2.39. The third-order valence-electron chi connectivity index (χ3n) is 5.55. The second-order valence-electron chi connectivity index (χ2n) is 7.83. The average molecular weight is 379 g/mol. The van der Waals surface area contributed by atoms with Crippen LogP contribution in [-0.4, -0.2) is 38.4 Å². The normalized spacial score (nSPS) is 21.9. The summed E-state index contributed by atoms with van der Waals surface area (Å²) >= 11 is 0. The minimum Gasteiger partial charge on any atom is -0.342 e. The first-order valence-electron chi connectivity index (χ1n) is 9.83. The van der Waals surface area contributed by atoms with Gasteiger partial charge in [-0.05, 0) is 55.7 Å². The summed E-state index contributed by atoms with van der Waals surface area (Å²) in [5, 5.41) is 0. The molecular weight excluding hydrogens is 348 g/mol. The van der Waals surface area contributed by atoms with Crippen LogP contribution < -0.4 is 4.72 Å². The Bertz CT molecular complexity index is 709. The van der Waals surface area contributed by atoms with Crippen molar-refractivity contribution in [1.82, 2.24) is 9.62 Å². The molecule has 144 valence electrons. The van der Waals surface area contributed by atoms with Gasteiger partial charge < -0.3 is 4.90 Å². The highest BCUT2D eigenvalue weighted by Gasteiger charge is 2.23. The van der Waals surface area contributed by atoms with E-state index in [2.05, 4.69) is 11.6 Å². The molecule has 0 radical (unpaired) electrons. The quantitative estimate of drug-likeness (QED) is 0.827. The van der Waals surface area contributed by atoms with Gasteiger partial charge >= 0.3 is 0 Å². The van der Waals surface area contributed by atoms with Crippen LogP contribution in [0.5, 0.6) is 0 Å². The molecule has 0 bridgehead atoms. The zero-order valence-electron chi connectivity index (χ0n) is 15.6. The van der Waals surface area contributed by atoms with Gasteiger partial charge in [0.25, 0.3) is 0 Å². The lowest BCUT2D eigenvalue weighted by molar-refractivity contribution is -0.132. The summed E-state index contributed by atoms with van der Waals surface area (Å²) in [5.41, 5.74) is 1.00. The number of nitrogens with zero attached hydrogens (tertiary/aromatic N) is 1. The number of carbonyl (C=O) groups is 1. The van der Waals surface area contributed by atoms with Crippen molar-refractivity contribution in [3.63, 3.8) is 0 Å². The fourth-order valence-corrected chi connectivity index (χ4v) is 5.30. The number of aryl methyl sites for hydroxylation is 1. The molecule has 26 heavy (non-hydrogen) atoms. The molecular formula is C20H30N2O3S. The number of benzene rings is 1. The van der Waals surface area contributed by atoms with Crippen LogP contribution in [0.4, 0.5) is 0 Å². The Kier molecular flexibility index (Phi) is 6.35. The molecule has 1 aromatic carbocycles. The summed E-state index contributed by atoms with van der Waals surface area (Å²) in [4.78, 5) is 14.6. The number of likely N-dealkylation sites (tertiary alicyclic amines) is 1. The van der Waals surface area contributed by atoms with Gasteiger partial charge in [0, 0.05) is 25.6 Å². The minimum absolute atomic E-state index is 0.0734. The Balaban J connectivity index is 1.53. The maximum Gasteiger partial charge on any atom is 0.240 e.